The maximum absolute atomic E-state index is 14.9. The highest BCUT2D eigenvalue weighted by atomic mass is 16.6. The van der Waals surface area contributed by atoms with Crippen molar-refractivity contribution < 1.29 is 19.7 Å². The van der Waals surface area contributed by atoms with Gasteiger partial charge in [-0.15, -0.1) is 0 Å². The Kier molecular flexibility index (Phi) is 7.32. The first-order valence-corrected chi connectivity index (χ1v) is 14.5. The minimum atomic E-state index is -2.90. The summed E-state index contributed by atoms with van der Waals surface area (Å²) in [7, 11) is 0. The predicted molar refractivity (Wildman–Crippen MR) is 169 cm³/mol. The Morgan fingerprint density at radius 2 is 1.21 bits per heavy atom. The van der Waals surface area contributed by atoms with Crippen LogP contribution in [0.4, 0.5) is 17.1 Å². The van der Waals surface area contributed by atoms with Crippen LogP contribution in [0, 0.1) is 70.5 Å². The maximum Gasteiger partial charge on any atom is 0.269 e. The first-order valence-electron chi connectivity index (χ1n) is 14.5. The number of anilines is 1. The topological polar surface area (TPSA) is 222 Å². The number of nitriles is 3. The lowest BCUT2D eigenvalue weighted by Gasteiger charge is -2.57. The van der Waals surface area contributed by atoms with Crippen LogP contribution in [-0.4, -0.2) is 32.3 Å². The molecule has 234 valence electrons. The van der Waals surface area contributed by atoms with E-state index >= 15 is 0 Å². The van der Waals surface area contributed by atoms with Gasteiger partial charge in [-0.3, -0.25) is 35.3 Å². The van der Waals surface area contributed by atoms with E-state index in [9.17, 15) is 51.3 Å². The highest BCUT2D eigenvalue weighted by Crippen LogP contribution is 2.72. The van der Waals surface area contributed by atoms with Crippen molar-refractivity contribution in [2.75, 3.05) is 4.90 Å². The first-order chi connectivity index (χ1) is 23.0. The molecule has 0 bridgehead atoms. The fourth-order valence-corrected chi connectivity index (χ4v) is 7.59. The van der Waals surface area contributed by atoms with Crippen LogP contribution in [0.25, 0.3) is 0 Å². The fourth-order valence-electron chi connectivity index (χ4n) is 7.59. The van der Waals surface area contributed by atoms with Crippen LogP contribution in [0.3, 0.4) is 0 Å². The Morgan fingerprint density at radius 1 is 0.708 bits per heavy atom. The molecular formula is C35H23N7O6. The second-order valence-electron chi connectivity index (χ2n) is 11.6. The Bertz CT molecular complexity index is 2120. The van der Waals surface area contributed by atoms with Gasteiger partial charge in [0.25, 0.3) is 17.3 Å². The fraction of sp³-hybridized carbons (Fsp3) is 0.171. The number of amides is 1. The molecular weight excluding hydrogens is 614 g/mol. The molecule has 2 N–H and O–H groups in total. The Labute approximate surface area is 272 Å². The van der Waals surface area contributed by atoms with Crippen molar-refractivity contribution in [1.29, 1.82) is 21.2 Å². The Hall–Kier alpha value is -6.75. The van der Waals surface area contributed by atoms with Gasteiger partial charge in [-0.1, -0.05) is 72.8 Å². The van der Waals surface area contributed by atoms with Crippen LogP contribution in [0.5, 0.6) is 0 Å². The van der Waals surface area contributed by atoms with Gasteiger partial charge in [0.2, 0.25) is 0 Å². The number of hydrogen-bond acceptors (Lipinski definition) is 10. The molecule has 1 saturated heterocycles. The number of para-hydroxylation sites is 1. The number of aliphatic hydroxyl groups is 1. The number of non-ortho nitro benzene ring substituents is 2. The van der Waals surface area contributed by atoms with Gasteiger partial charge in [0.15, 0.2) is 16.4 Å². The average Bonchev–Trinajstić information content (AvgIpc) is 3.29. The lowest BCUT2D eigenvalue weighted by Crippen LogP contribution is -2.67. The number of nitrogens with zero attached hydrogens (tertiary/aromatic N) is 6. The summed E-state index contributed by atoms with van der Waals surface area (Å²) in [4.78, 5) is 38.3. The molecule has 6 rings (SSSR count). The van der Waals surface area contributed by atoms with Crippen LogP contribution >= 0.6 is 0 Å². The summed E-state index contributed by atoms with van der Waals surface area (Å²) >= 11 is 0. The molecule has 1 amide bonds. The summed E-state index contributed by atoms with van der Waals surface area (Å²) in [5, 5.41) is 80.3. The lowest BCUT2D eigenvalue weighted by atomic mass is 9.40. The Balaban J connectivity index is 1.83. The van der Waals surface area contributed by atoms with Crippen LogP contribution in [0.15, 0.2) is 109 Å². The van der Waals surface area contributed by atoms with E-state index in [-0.39, 0.29) is 22.4 Å². The normalized spacial score (nSPS) is 25.6. The number of nitro benzene ring substituents is 2. The molecule has 0 radical (unpaired) electrons. The molecule has 1 aliphatic heterocycles. The molecule has 4 aromatic carbocycles. The number of benzene rings is 4. The molecule has 0 unspecified atom stereocenters. The van der Waals surface area contributed by atoms with Gasteiger partial charge in [0, 0.05) is 42.0 Å². The van der Waals surface area contributed by atoms with Gasteiger partial charge in [0.05, 0.1) is 33.7 Å². The summed E-state index contributed by atoms with van der Waals surface area (Å²) < 4.78 is 0. The van der Waals surface area contributed by atoms with Crippen molar-refractivity contribution in [3.8, 4) is 18.2 Å². The van der Waals surface area contributed by atoms with Crippen molar-refractivity contribution in [2.24, 2.45) is 10.8 Å². The maximum atomic E-state index is 14.9. The first kappa shape index (κ1) is 31.2. The predicted octanol–water partition coefficient (Wildman–Crippen LogP) is 5.47. The largest absolute Gasteiger partial charge is 0.377 e. The molecule has 1 saturated carbocycles. The number of carbonyl (C=O) groups is 1. The zero-order valence-electron chi connectivity index (χ0n) is 24.8. The molecule has 2 fully saturated rings. The van der Waals surface area contributed by atoms with Crippen molar-refractivity contribution in [3.63, 3.8) is 0 Å². The van der Waals surface area contributed by atoms with E-state index in [4.69, 9.17) is 0 Å². The summed E-state index contributed by atoms with van der Waals surface area (Å²) in [5.74, 6) is -6.89. The van der Waals surface area contributed by atoms with Crippen LogP contribution in [0.1, 0.15) is 34.4 Å². The highest BCUT2D eigenvalue weighted by molar-refractivity contribution is 6.29. The van der Waals surface area contributed by atoms with E-state index in [0.717, 1.165) is 23.1 Å². The number of amidine groups is 1. The van der Waals surface area contributed by atoms with Crippen molar-refractivity contribution in [3.05, 3.63) is 146 Å². The van der Waals surface area contributed by atoms with E-state index in [1.165, 1.54) is 54.6 Å². The number of nitrogens with one attached hydrogen (secondary N) is 1. The molecule has 4 aromatic rings. The molecule has 13 nitrogen and oxygen atoms in total. The zero-order chi connectivity index (χ0) is 34.4. The molecule has 1 heterocycles. The molecule has 0 aromatic heterocycles. The third-order valence-corrected chi connectivity index (χ3v) is 9.46. The van der Waals surface area contributed by atoms with E-state index in [1.54, 1.807) is 36.4 Å². The third kappa shape index (κ3) is 4.04. The number of carbonyl (C=O) groups excluding carboxylic acids is 1. The number of nitro groups is 2. The minimum Gasteiger partial charge on any atom is -0.377 e. The van der Waals surface area contributed by atoms with Crippen LogP contribution in [0.2, 0.25) is 0 Å². The Morgan fingerprint density at radius 3 is 1.73 bits per heavy atom. The van der Waals surface area contributed by atoms with Crippen molar-refractivity contribution >= 4 is 28.8 Å². The smallest absolute Gasteiger partial charge is 0.269 e. The van der Waals surface area contributed by atoms with Gasteiger partial charge < -0.3 is 5.11 Å². The summed E-state index contributed by atoms with van der Waals surface area (Å²) in [6, 6.07) is 31.7. The van der Waals surface area contributed by atoms with Crippen LogP contribution in [-0.2, 0) is 4.79 Å². The average molecular weight is 638 g/mol. The number of hydrogen-bond donors (Lipinski definition) is 2. The molecule has 13 heteroatoms. The van der Waals surface area contributed by atoms with Crippen molar-refractivity contribution in [2.45, 2.75) is 23.4 Å². The van der Waals surface area contributed by atoms with E-state index in [2.05, 4.69) is 12.1 Å². The van der Waals surface area contributed by atoms with E-state index in [1.807, 2.05) is 6.07 Å². The zero-order valence-corrected chi connectivity index (χ0v) is 24.8. The quantitative estimate of drug-likeness (QED) is 0.202. The van der Waals surface area contributed by atoms with Gasteiger partial charge in [0.1, 0.15) is 5.84 Å². The van der Waals surface area contributed by atoms with Gasteiger partial charge in [-0.05, 0) is 28.8 Å². The molecule has 1 aliphatic carbocycles. The summed E-state index contributed by atoms with van der Waals surface area (Å²) in [6.07, 6.45) is 0. The van der Waals surface area contributed by atoms with Crippen molar-refractivity contribution in [1.82, 2.24) is 0 Å². The van der Waals surface area contributed by atoms with Gasteiger partial charge >= 0.3 is 0 Å². The number of rotatable bonds is 6. The monoisotopic (exact) mass is 637 g/mol. The second kappa shape index (κ2) is 11.2. The minimum absolute atomic E-state index is 0.0223. The third-order valence-electron chi connectivity index (χ3n) is 9.46. The molecule has 2 aliphatic rings. The number of fused-ring (bicyclic) bond motifs is 1. The van der Waals surface area contributed by atoms with Gasteiger partial charge in [-0.2, -0.15) is 15.8 Å². The SMILES string of the molecule is N#CC1(C#N)[C@@H](c2cccc([N+](=O)[O-])c2)[C@]2(C#N)C(=N)N(c3ccccc3)C(=O)[C@]2(O)[C@@H](c2ccccc2)[C@@H]1c1cccc([N+](=O)[O-])c1. The van der Waals surface area contributed by atoms with Crippen LogP contribution < -0.4 is 4.90 Å². The standard InChI is InChI=1S/C35H23N7O6/c36-19-33(20-37)28(23-11-7-15-26(17-23)41(45)46)29(22-9-3-1-4-10-22)35(44)32(43)40(25-13-5-2-6-14-25)31(39)34(35,21-38)30(33)24-12-8-16-27(18-24)42(47)48/h1-18,28-30,39,44H/t28-,29-,30+,34+,35+/m0/s1. The summed E-state index contributed by atoms with van der Waals surface area (Å²) in [5.41, 5.74) is -8.74. The van der Waals surface area contributed by atoms with E-state index < -0.39 is 67.1 Å². The van der Waals surface area contributed by atoms with E-state index in [0.29, 0.717) is 0 Å². The lowest BCUT2D eigenvalue weighted by molar-refractivity contribution is -0.385. The second-order valence-corrected chi connectivity index (χ2v) is 11.6. The van der Waals surface area contributed by atoms with Gasteiger partial charge in [-0.25, -0.2) is 0 Å². The molecule has 5 atom stereocenters. The summed E-state index contributed by atoms with van der Waals surface area (Å²) in [6.45, 7) is 0. The molecule has 48 heavy (non-hydrogen) atoms. The molecule has 0 spiro atoms. The highest BCUT2D eigenvalue weighted by Gasteiger charge is 2.83.